The van der Waals surface area contributed by atoms with Crippen LogP contribution in [0.15, 0.2) is 5.16 Å². The number of hydrogen-bond acceptors (Lipinski definition) is 4. The normalized spacial score (nSPS) is 28.2. The summed E-state index contributed by atoms with van der Waals surface area (Å²) in [4.78, 5) is 14.7. The number of ether oxygens (including phenoxy) is 1. The van der Waals surface area contributed by atoms with Crippen molar-refractivity contribution in [3.8, 4) is 0 Å². The summed E-state index contributed by atoms with van der Waals surface area (Å²) >= 11 is 0. The molecule has 0 radical (unpaired) electrons. The number of nitrogens with zero attached hydrogens (tertiary/aromatic N) is 2. The van der Waals surface area contributed by atoms with E-state index in [9.17, 15) is 4.79 Å². The zero-order valence-electron chi connectivity index (χ0n) is 11.5. The molecule has 0 spiro atoms. The molecule has 2 saturated heterocycles. The van der Waals surface area contributed by atoms with E-state index in [4.69, 9.17) is 15.7 Å². The third-order valence-electron chi connectivity index (χ3n) is 4.30. The van der Waals surface area contributed by atoms with Crippen molar-refractivity contribution in [1.29, 1.82) is 0 Å². The fourth-order valence-corrected chi connectivity index (χ4v) is 3.07. The van der Waals surface area contributed by atoms with Gasteiger partial charge < -0.3 is 20.6 Å². The first-order chi connectivity index (χ1) is 9.10. The second kappa shape index (κ2) is 5.77. The molecule has 0 aromatic carbocycles. The Morgan fingerprint density at radius 1 is 1.47 bits per heavy atom. The van der Waals surface area contributed by atoms with Crippen molar-refractivity contribution in [3.63, 3.8) is 0 Å². The first-order valence-corrected chi connectivity index (χ1v) is 6.95. The van der Waals surface area contributed by atoms with Gasteiger partial charge in [-0.1, -0.05) is 12.1 Å². The van der Waals surface area contributed by atoms with Gasteiger partial charge in [-0.15, -0.1) is 0 Å². The van der Waals surface area contributed by atoms with Gasteiger partial charge in [0.15, 0.2) is 5.84 Å². The van der Waals surface area contributed by atoms with Crippen LogP contribution in [0.1, 0.15) is 32.6 Å². The molecule has 1 atom stereocenters. The van der Waals surface area contributed by atoms with Crippen LogP contribution >= 0.6 is 0 Å². The Morgan fingerprint density at radius 2 is 2.16 bits per heavy atom. The van der Waals surface area contributed by atoms with E-state index in [-0.39, 0.29) is 11.7 Å². The number of likely N-dealkylation sites (tertiary alicyclic amines) is 1. The van der Waals surface area contributed by atoms with E-state index >= 15 is 0 Å². The van der Waals surface area contributed by atoms with E-state index in [0.29, 0.717) is 32.0 Å². The Bertz CT molecular complexity index is 364. The zero-order valence-corrected chi connectivity index (χ0v) is 11.5. The standard InChI is InChI=1S/C13H23N3O3/c1-10-3-2-6-16(9-10)12(17)13(11(14)15-18)4-7-19-8-5-13/h10,18H,2-9H2,1H3,(H2,14,15). The Labute approximate surface area is 113 Å². The van der Waals surface area contributed by atoms with E-state index in [1.807, 2.05) is 4.90 Å². The summed E-state index contributed by atoms with van der Waals surface area (Å²) < 4.78 is 5.32. The number of amidine groups is 1. The van der Waals surface area contributed by atoms with Gasteiger partial charge in [0, 0.05) is 26.3 Å². The van der Waals surface area contributed by atoms with Crippen LogP contribution in [0.2, 0.25) is 0 Å². The first kappa shape index (κ1) is 14.1. The molecule has 1 unspecified atom stereocenters. The molecule has 2 heterocycles. The molecule has 6 heteroatoms. The van der Waals surface area contributed by atoms with Crippen LogP contribution < -0.4 is 5.73 Å². The molecule has 3 N–H and O–H groups in total. The van der Waals surface area contributed by atoms with Gasteiger partial charge in [-0.3, -0.25) is 4.79 Å². The Morgan fingerprint density at radius 3 is 2.74 bits per heavy atom. The van der Waals surface area contributed by atoms with Gasteiger partial charge in [0.25, 0.3) is 0 Å². The average molecular weight is 269 g/mol. The minimum atomic E-state index is -0.871. The van der Waals surface area contributed by atoms with Crippen LogP contribution in [-0.4, -0.2) is 48.2 Å². The predicted molar refractivity (Wildman–Crippen MR) is 70.9 cm³/mol. The Balaban J connectivity index is 2.20. The van der Waals surface area contributed by atoms with Gasteiger partial charge in [0.05, 0.1) is 0 Å². The summed E-state index contributed by atoms with van der Waals surface area (Å²) in [5, 5.41) is 12.1. The monoisotopic (exact) mass is 269 g/mol. The van der Waals surface area contributed by atoms with E-state index in [1.54, 1.807) is 0 Å². The summed E-state index contributed by atoms with van der Waals surface area (Å²) in [5.41, 5.74) is 4.95. The summed E-state index contributed by atoms with van der Waals surface area (Å²) in [7, 11) is 0. The summed E-state index contributed by atoms with van der Waals surface area (Å²) in [6, 6.07) is 0. The summed E-state index contributed by atoms with van der Waals surface area (Å²) in [6.45, 7) is 4.64. The third-order valence-corrected chi connectivity index (χ3v) is 4.30. The molecule has 0 aliphatic carbocycles. The maximum absolute atomic E-state index is 12.8. The molecule has 2 aliphatic rings. The molecule has 2 fully saturated rings. The Hall–Kier alpha value is -1.30. The smallest absolute Gasteiger partial charge is 0.236 e. The molecular weight excluding hydrogens is 246 g/mol. The molecule has 108 valence electrons. The number of carbonyl (C=O) groups excluding carboxylic acids is 1. The van der Waals surface area contributed by atoms with Gasteiger partial charge in [0.2, 0.25) is 5.91 Å². The largest absolute Gasteiger partial charge is 0.409 e. The first-order valence-electron chi connectivity index (χ1n) is 6.95. The number of hydrogen-bond donors (Lipinski definition) is 2. The van der Waals surface area contributed by atoms with Crippen molar-refractivity contribution in [1.82, 2.24) is 4.90 Å². The van der Waals surface area contributed by atoms with Crippen molar-refractivity contribution in [3.05, 3.63) is 0 Å². The van der Waals surface area contributed by atoms with Gasteiger partial charge >= 0.3 is 0 Å². The average Bonchev–Trinajstić information content (AvgIpc) is 2.46. The Kier molecular flexibility index (Phi) is 4.29. The van der Waals surface area contributed by atoms with Crippen LogP contribution in [0, 0.1) is 11.3 Å². The zero-order chi connectivity index (χ0) is 13.9. The number of amides is 1. The van der Waals surface area contributed by atoms with Gasteiger partial charge in [-0.25, -0.2) is 0 Å². The molecule has 2 rings (SSSR count). The van der Waals surface area contributed by atoms with Gasteiger partial charge in [0.1, 0.15) is 5.41 Å². The third kappa shape index (κ3) is 2.68. The number of rotatable bonds is 2. The van der Waals surface area contributed by atoms with Gasteiger partial charge in [-0.2, -0.15) is 0 Å². The highest BCUT2D eigenvalue weighted by molar-refractivity contribution is 6.06. The van der Waals surface area contributed by atoms with Crippen LogP contribution in [0.5, 0.6) is 0 Å². The van der Waals surface area contributed by atoms with Crippen molar-refractivity contribution in [2.75, 3.05) is 26.3 Å². The molecule has 6 nitrogen and oxygen atoms in total. The molecule has 1 amide bonds. The topological polar surface area (TPSA) is 88.2 Å². The second-order valence-corrected chi connectivity index (χ2v) is 5.68. The SMILES string of the molecule is CC1CCCN(C(=O)C2(C(N)=NO)CCOCC2)C1. The molecule has 2 aliphatic heterocycles. The highest BCUT2D eigenvalue weighted by Crippen LogP contribution is 2.34. The fraction of sp³-hybridized carbons (Fsp3) is 0.846. The molecule has 0 aromatic rings. The van der Waals surface area contributed by atoms with Gasteiger partial charge in [-0.05, 0) is 31.6 Å². The molecule has 0 bridgehead atoms. The maximum Gasteiger partial charge on any atom is 0.236 e. The quantitative estimate of drug-likeness (QED) is 0.336. The molecule has 0 aromatic heterocycles. The molecular formula is C13H23N3O3. The van der Waals surface area contributed by atoms with Crippen LogP contribution in [-0.2, 0) is 9.53 Å². The van der Waals surface area contributed by atoms with E-state index in [0.717, 1.165) is 25.9 Å². The molecule has 19 heavy (non-hydrogen) atoms. The van der Waals surface area contributed by atoms with Crippen LogP contribution in [0.25, 0.3) is 0 Å². The number of oxime groups is 1. The predicted octanol–water partition coefficient (Wildman–Crippen LogP) is 0.788. The van der Waals surface area contributed by atoms with E-state index < -0.39 is 5.41 Å². The lowest BCUT2D eigenvalue weighted by Crippen LogP contribution is -2.55. The van der Waals surface area contributed by atoms with E-state index in [2.05, 4.69) is 12.1 Å². The van der Waals surface area contributed by atoms with E-state index in [1.165, 1.54) is 0 Å². The van der Waals surface area contributed by atoms with Crippen molar-refractivity contribution in [2.45, 2.75) is 32.6 Å². The minimum absolute atomic E-state index is 0.00218. The maximum atomic E-state index is 12.8. The number of piperidine rings is 1. The highest BCUT2D eigenvalue weighted by atomic mass is 16.5. The lowest BCUT2D eigenvalue weighted by molar-refractivity contribution is -0.144. The highest BCUT2D eigenvalue weighted by Gasteiger charge is 2.47. The minimum Gasteiger partial charge on any atom is -0.409 e. The number of carbonyl (C=O) groups is 1. The number of nitrogens with two attached hydrogens (primary N) is 1. The van der Waals surface area contributed by atoms with Crippen LogP contribution in [0.4, 0.5) is 0 Å². The summed E-state index contributed by atoms with van der Waals surface area (Å²) in [6.07, 6.45) is 3.17. The lowest BCUT2D eigenvalue weighted by Gasteiger charge is -2.41. The van der Waals surface area contributed by atoms with Crippen molar-refractivity contribution >= 4 is 11.7 Å². The van der Waals surface area contributed by atoms with Crippen molar-refractivity contribution < 1.29 is 14.7 Å². The summed E-state index contributed by atoms with van der Waals surface area (Å²) in [5.74, 6) is 0.540. The fourth-order valence-electron chi connectivity index (χ4n) is 3.07. The second-order valence-electron chi connectivity index (χ2n) is 5.68. The van der Waals surface area contributed by atoms with Crippen molar-refractivity contribution in [2.24, 2.45) is 22.2 Å². The van der Waals surface area contributed by atoms with Crippen LogP contribution in [0.3, 0.4) is 0 Å². The lowest BCUT2D eigenvalue weighted by atomic mass is 9.77. The molecule has 0 saturated carbocycles.